The Morgan fingerprint density at radius 3 is 1.56 bits per heavy atom. The summed E-state index contributed by atoms with van der Waals surface area (Å²) in [6, 6.07) is 93.2. The fourth-order valence-corrected chi connectivity index (χ4v) is 10.4. The van der Waals surface area contributed by atoms with Gasteiger partial charge in [0, 0.05) is 33.4 Å². The van der Waals surface area contributed by atoms with Crippen LogP contribution in [-0.2, 0) is 5.41 Å². The van der Waals surface area contributed by atoms with E-state index in [2.05, 4.69) is 264 Å². The van der Waals surface area contributed by atoms with Gasteiger partial charge >= 0.3 is 0 Å². The number of benzene rings is 10. The van der Waals surface area contributed by atoms with Crippen LogP contribution in [0.4, 0.5) is 17.1 Å². The van der Waals surface area contributed by atoms with Gasteiger partial charge in [-0.25, -0.2) is 0 Å². The lowest BCUT2D eigenvalue weighted by Gasteiger charge is -2.37. The van der Waals surface area contributed by atoms with Gasteiger partial charge in [0.15, 0.2) is 0 Å². The number of fused-ring (bicyclic) bond motifs is 6. The summed E-state index contributed by atoms with van der Waals surface area (Å²) in [7, 11) is 0. The summed E-state index contributed by atoms with van der Waals surface area (Å²) in [4.78, 5) is 2.46. The molecule has 1 aromatic heterocycles. The molecule has 1 aliphatic rings. The van der Waals surface area contributed by atoms with Crippen molar-refractivity contribution < 1.29 is 0 Å². The van der Waals surface area contributed by atoms with E-state index in [1.165, 1.54) is 71.9 Å². The lowest BCUT2D eigenvalue weighted by Crippen LogP contribution is -2.30. The Bertz CT molecular complexity index is 3370. The van der Waals surface area contributed by atoms with Crippen molar-refractivity contribution in [1.29, 1.82) is 0 Å². The van der Waals surface area contributed by atoms with Gasteiger partial charge in [0.05, 0.1) is 22.1 Å². The van der Waals surface area contributed by atoms with E-state index in [-0.39, 0.29) is 0 Å². The van der Waals surface area contributed by atoms with Gasteiger partial charge in [-0.05, 0) is 111 Å². The third-order valence-electron chi connectivity index (χ3n) is 13.1. The summed E-state index contributed by atoms with van der Waals surface area (Å²) in [5.74, 6) is 0. The highest BCUT2D eigenvalue weighted by Crippen LogP contribution is 2.60. The Morgan fingerprint density at radius 2 is 0.857 bits per heavy atom. The maximum absolute atomic E-state index is 2.46. The zero-order valence-corrected chi connectivity index (χ0v) is 34.6. The van der Waals surface area contributed by atoms with Gasteiger partial charge in [-0.15, -0.1) is 0 Å². The number of hydrogen-bond acceptors (Lipinski definition) is 1. The molecule has 11 aromatic rings. The molecule has 0 amide bonds. The first-order valence-corrected chi connectivity index (χ1v) is 21.8. The monoisotopic (exact) mass is 802 g/mol. The number of anilines is 3. The van der Waals surface area contributed by atoms with E-state index in [4.69, 9.17) is 0 Å². The van der Waals surface area contributed by atoms with Crippen molar-refractivity contribution in [2.75, 3.05) is 4.90 Å². The lowest BCUT2D eigenvalue weighted by molar-refractivity contribution is 0.768. The van der Waals surface area contributed by atoms with Gasteiger partial charge in [-0.1, -0.05) is 194 Å². The molecular weight excluding hydrogens is 761 g/mol. The topological polar surface area (TPSA) is 8.17 Å². The van der Waals surface area contributed by atoms with E-state index in [0.29, 0.717) is 0 Å². The van der Waals surface area contributed by atoms with Crippen molar-refractivity contribution >= 4 is 38.9 Å². The number of aromatic nitrogens is 1. The van der Waals surface area contributed by atoms with Crippen molar-refractivity contribution in [2.45, 2.75) is 5.41 Å². The molecule has 63 heavy (non-hydrogen) atoms. The maximum Gasteiger partial charge on any atom is 0.0734 e. The van der Waals surface area contributed by atoms with Crippen LogP contribution in [-0.4, -0.2) is 4.57 Å². The molecule has 10 aromatic carbocycles. The second-order valence-corrected chi connectivity index (χ2v) is 16.4. The predicted octanol–water partition coefficient (Wildman–Crippen LogP) is 16.0. The maximum atomic E-state index is 2.46. The van der Waals surface area contributed by atoms with Gasteiger partial charge < -0.3 is 9.47 Å². The quantitative estimate of drug-likeness (QED) is 0.149. The SMILES string of the molecule is c1ccc(-c2cc3c(cc2-c2ccc(N(c4ccccc4)c4cccc5c4C(c4ccccc4)(c4ccccc4)c4ccccc4-5)cc2)c2ccccc2n3-c2ccccc2)cc1. The summed E-state index contributed by atoms with van der Waals surface area (Å²) in [5, 5.41) is 2.47. The van der Waals surface area contributed by atoms with Gasteiger partial charge in [-0.2, -0.15) is 0 Å². The number of rotatable bonds is 8. The zero-order valence-electron chi connectivity index (χ0n) is 34.6. The van der Waals surface area contributed by atoms with E-state index in [0.717, 1.165) is 28.3 Å². The van der Waals surface area contributed by atoms with E-state index >= 15 is 0 Å². The van der Waals surface area contributed by atoms with Gasteiger partial charge in [0.2, 0.25) is 0 Å². The van der Waals surface area contributed by atoms with Crippen LogP contribution in [0.3, 0.4) is 0 Å². The molecule has 0 N–H and O–H groups in total. The van der Waals surface area contributed by atoms with Crippen LogP contribution in [0.25, 0.3) is 60.9 Å². The summed E-state index contributed by atoms with van der Waals surface area (Å²) >= 11 is 0. The van der Waals surface area contributed by atoms with E-state index in [9.17, 15) is 0 Å². The number of hydrogen-bond donors (Lipinski definition) is 0. The van der Waals surface area contributed by atoms with Crippen LogP contribution < -0.4 is 4.90 Å². The smallest absolute Gasteiger partial charge is 0.0734 e. The minimum absolute atomic E-state index is 0.559. The van der Waals surface area contributed by atoms with E-state index in [1.54, 1.807) is 0 Å². The molecule has 0 fully saturated rings. The Labute approximate surface area is 368 Å². The average molecular weight is 803 g/mol. The van der Waals surface area contributed by atoms with Crippen molar-refractivity contribution in [1.82, 2.24) is 4.57 Å². The molecule has 296 valence electrons. The molecule has 1 heterocycles. The normalized spacial score (nSPS) is 12.6. The second-order valence-electron chi connectivity index (χ2n) is 16.4. The number of para-hydroxylation sites is 3. The minimum atomic E-state index is -0.559. The van der Waals surface area contributed by atoms with Crippen LogP contribution in [0.2, 0.25) is 0 Å². The Morgan fingerprint density at radius 1 is 0.333 bits per heavy atom. The largest absolute Gasteiger partial charge is 0.310 e. The highest BCUT2D eigenvalue weighted by molar-refractivity contribution is 6.12. The van der Waals surface area contributed by atoms with Crippen molar-refractivity contribution in [2.24, 2.45) is 0 Å². The fourth-order valence-electron chi connectivity index (χ4n) is 10.4. The first-order chi connectivity index (χ1) is 31.3. The van der Waals surface area contributed by atoms with Crippen LogP contribution >= 0.6 is 0 Å². The minimum Gasteiger partial charge on any atom is -0.310 e. The molecule has 2 heteroatoms. The molecule has 0 spiro atoms. The fraction of sp³-hybridized carbons (Fsp3) is 0.0164. The molecule has 2 nitrogen and oxygen atoms in total. The van der Waals surface area contributed by atoms with Crippen molar-refractivity contribution in [3.8, 4) is 39.1 Å². The first kappa shape index (κ1) is 36.6. The highest BCUT2D eigenvalue weighted by Gasteiger charge is 2.48. The molecule has 0 unspecified atom stereocenters. The molecule has 12 rings (SSSR count). The summed E-state index contributed by atoms with van der Waals surface area (Å²) in [5.41, 5.74) is 18.7. The Balaban J connectivity index is 1.08. The van der Waals surface area contributed by atoms with E-state index < -0.39 is 5.41 Å². The summed E-state index contributed by atoms with van der Waals surface area (Å²) in [6.45, 7) is 0. The third kappa shape index (κ3) is 5.80. The Hall–Kier alpha value is -8.20. The van der Waals surface area contributed by atoms with Crippen LogP contribution in [0.5, 0.6) is 0 Å². The standard InChI is InChI=1S/C61H42N2/c1-6-21-43(22-7-1)54-42-59-55(51-32-17-19-35-57(51)63(59)48-29-14-5-15-30-48)41-53(54)44-37-39-49(40-38-44)62(47-27-12-4-13-28-47)58-36-20-33-52-50-31-16-18-34-56(50)61(60(52)58,45-23-8-2-9-24-45)46-25-10-3-11-26-46/h1-42H. The molecule has 1 aliphatic carbocycles. The third-order valence-corrected chi connectivity index (χ3v) is 13.1. The molecule has 0 bridgehead atoms. The second kappa shape index (κ2) is 15.1. The molecular formula is C61H42N2. The van der Waals surface area contributed by atoms with Crippen molar-refractivity contribution in [3.05, 3.63) is 277 Å². The number of nitrogens with zero attached hydrogens (tertiary/aromatic N) is 2. The van der Waals surface area contributed by atoms with Crippen LogP contribution in [0.15, 0.2) is 255 Å². The van der Waals surface area contributed by atoms with Gasteiger partial charge in [-0.3, -0.25) is 0 Å². The van der Waals surface area contributed by atoms with Gasteiger partial charge in [0.25, 0.3) is 0 Å². The molecule has 0 aliphatic heterocycles. The zero-order chi connectivity index (χ0) is 41.7. The predicted molar refractivity (Wildman–Crippen MR) is 264 cm³/mol. The molecule has 0 saturated heterocycles. The van der Waals surface area contributed by atoms with Crippen molar-refractivity contribution in [3.63, 3.8) is 0 Å². The lowest BCUT2D eigenvalue weighted by atomic mass is 9.67. The van der Waals surface area contributed by atoms with Gasteiger partial charge in [0.1, 0.15) is 0 Å². The van der Waals surface area contributed by atoms with E-state index in [1.807, 2.05) is 0 Å². The first-order valence-electron chi connectivity index (χ1n) is 21.8. The Kier molecular flexibility index (Phi) is 8.76. The summed E-state index contributed by atoms with van der Waals surface area (Å²) in [6.07, 6.45) is 0. The molecule has 0 radical (unpaired) electrons. The van der Waals surface area contributed by atoms with Crippen LogP contribution in [0, 0.1) is 0 Å². The molecule has 0 saturated carbocycles. The van der Waals surface area contributed by atoms with Crippen LogP contribution in [0.1, 0.15) is 22.3 Å². The highest BCUT2D eigenvalue weighted by atomic mass is 15.1. The molecule has 0 atom stereocenters. The average Bonchev–Trinajstić information content (AvgIpc) is 3.86. The summed E-state index contributed by atoms with van der Waals surface area (Å²) < 4.78 is 2.41.